The molecule has 0 aliphatic carbocycles. The molecule has 0 saturated carbocycles. The molecule has 0 radical (unpaired) electrons. The van der Waals surface area contributed by atoms with Crippen LogP contribution in [0.3, 0.4) is 0 Å². The second-order valence-electron chi connectivity index (χ2n) is 3.75. The molecule has 0 atom stereocenters. The van der Waals surface area contributed by atoms with E-state index in [1.54, 1.807) is 30.5 Å². The number of hydrogen-bond acceptors (Lipinski definition) is 4. The molecule has 2 aromatic heterocycles. The zero-order valence-electron chi connectivity index (χ0n) is 9.04. The van der Waals surface area contributed by atoms with Gasteiger partial charge in [-0.2, -0.15) is 4.98 Å². The highest BCUT2D eigenvalue weighted by atomic mass is 16.4. The van der Waals surface area contributed by atoms with E-state index in [4.69, 9.17) is 5.11 Å². The van der Waals surface area contributed by atoms with Crippen molar-refractivity contribution in [2.45, 2.75) is 0 Å². The fraction of sp³-hybridized carbons (Fsp3) is 0. The Balaban J connectivity index is 2.59. The molecule has 0 unspecified atom stereocenters. The quantitative estimate of drug-likeness (QED) is 0.623. The molecule has 18 heavy (non-hydrogen) atoms. The van der Waals surface area contributed by atoms with Crippen LogP contribution in [0.25, 0.3) is 21.8 Å². The average molecular weight is 241 g/mol. The van der Waals surface area contributed by atoms with Gasteiger partial charge in [0.05, 0.1) is 11.0 Å². The molecule has 88 valence electrons. The van der Waals surface area contributed by atoms with Gasteiger partial charge in [-0.25, -0.2) is 9.59 Å². The predicted octanol–water partition coefficient (Wildman–Crippen LogP) is 1.17. The Kier molecular flexibility index (Phi) is 2.09. The van der Waals surface area contributed by atoms with Gasteiger partial charge in [-0.1, -0.05) is 0 Å². The topological polar surface area (TPSA) is 95.9 Å². The van der Waals surface area contributed by atoms with Gasteiger partial charge in [0.1, 0.15) is 5.69 Å². The standard InChI is InChI=1S/C12H7N3O3/c16-11(17)10-7-3-4-8-6(2-1-5-13-8)9(7)14-12(18)15-10/h1-5H,(H,16,17)(H,14,15,18). The molecule has 2 heterocycles. The Morgan fingerprint density at radius 1 is 1.22 bits per heavy atom. The molecule has 0 amide bonds. The summed E-state index contributed by atoms with van der Waals surface area (Å²) in [5.74, 6) is -1.19. The molecule has 0 bridgehead atoms. The molecule has 0 fully saturated rings. The number of aromatic carboxylic acids is 1. The Labute approximate surface area is 99.9 Å². The first kappa shape index (κ1) is 10.4. The molecular weight excluding hydrogens is 234 g/mol. The largest absolute Gasteiger partial charge is 0.477 e. The van der Waals surface area contributed by atoms with Gasteiger partial charge in [0.25, 0.3) is 0 Å². The number of H-pyrrole nitrogens is 1. The van der Waals surface area contributed by atoms with E-state index in [0.29, 0.717) is 21.8 Å². The lowest BCUT2D eigenvalue weighted by atomic mass is 10.1. The lowest BCUT2D eigenvalue weighted by molar-refractivity contribution is 0.0692. The Morgan fingerprint density at radius 2 is 2.06 bits per heavy atom. The summed E-state index contributed by atoms with van der Waals surface area (Å²) in [5.41, 5.74) is 0.174. The summed E-state index contributed by atoms with van der Waals surface area (Å²) in [6.45, 7) is 0. The van der Waals surface area contributed by atoms with Crippen molar-refractivity contribution in [2.24, 2.45) is 0 Å². The van der Waals surface area contributed by atoms with Crippen LogP contribution >= 0.6 is 0 Å². The van der Waals surface area contributed by atoms with Gasteiger partial charge < -0.3 is 5.11 Å². The molecule has 3 rings (SSSR count). The number of benzene rings is 1. The van der Waals surface area contributed by atoms with Gasteiger partial charge in [0.2, 0.25) is 0 Å². The molecule has 3 aromatic rings. The van der Waals surface area contributed by atoms with Crippen LogP contribution in [0.5, 0.6) is 0 Å². The summed E-state index contributed by atoms with van der Waals surface area (Å²) in [5, 5.41) is 10.1. The first-order valence-corrected chi connectivity index (χ1v) is 5.18. The van der Waals surface area contributed by atoms with Gasteiger partial charge in [-0.15, -0.1) is 0 Å². The highest BCUT2D eigenvalue weighted by Gasteiger charge is 2.13. The maximum atomic E-state index is 11.4. The van der Waals surface area contributed by atoms with Crippen LogP contribution in [0.1, 0.15) is 10.5 Å². The van der Waals surface area contributed by atoms with Crippen molar-refractivity contribution in [1.29, 1.82) is 0 Å². The fourth-order valence-electron chi connectivity index (χ4n) is 1.93. The second-order valence-corrected chi connectivity index (χ2v) is 3.75. The summed E-state index contributed by atoms with van der Waals surface area (Å²) in [6.07, 6.45) is 1.62. The van der Waals surface area contributed by atoms with Crippen LogP contribution in [0.2, 0.25) is 0 Å². The number of fused-ring (bicyclic) bond motifs is 3. The number of hydrogen-bond donors (Lipinski definition) is 2. The zero-order valence-corrected chi connectivity index (χ0v) is 9.04. The van der Waals surface area contributed by atoms with E-state index >= 15 is 0 Å². The third-order valence-electron chi connectivity index (χ3n) is 2.69. The molecule has 1 aromatic carbocycles. The number of carbonyl (C=O) groups is 1. The van der Waals surface area contributed by atoms with Gasteiger partial charge in [0.15, 0.2) is 0 Å². The van der Waals surface area contributed by atoms with E-state index in [1.807, 2.05) is 0 Å². The van der Waals surface area contributed by atoms with Gasteiger partial charge in [-0.05, 0) is 24.3 Å². The maximum absolute atomic E-state index is 11.4. The summed E-state index contributed by atoms with van der Waals surface area (Å²) >= 11 is 0. The van der Waals surface area contributed by atoms with Crippen molar-refractivity contribution in [1.82, 2.24) is 15.0 Å². The molecule has 0 aliphatic heterocycles. The van der Waals surface area contributed by atoms with Crippen LogP contribution in [0, 0.1) is 0 Å². The monoisotopic (exact) mass is 241 g/mol. The van der Waals surface area contributed by atoms with Gasteiger partial charge >= 0.3 is 11.7 Å². The summed E-state index contributed by atoms with van der Waals surface area (Å²) in [7, 11) is 0. The summed E-state index contributed by atoms with van der Waals surface area (Å²) in [6, 6.07) is 6.76. The van der Waals surface area contributed by atoms with E-state index < -0.39 is 11.7 Å². The fourth-order valence-corrected chi connectivity index (χ4v) is 1.93. The third-order valence-corrected chi connectivity index (χ3v) is 2.69. The molecule has 6 heteroatoms. The number of carboxylic acid groups (broad SMARTS) is 1. The maximum Gasteiger partial charge on any atom is 0.353 e. The smallest absolute Gasteiger partial charge is 0.353 e. The molecular formula is C12H7N3O3. The SMILES string of the molecule is O=C(O)c1[nH]c(=O)nc2c1ccc1ncccc12. The zero-order chi connectivity index (χ0) is 12.7. The second kappa shape index (κ2) is 3.63. The third kappa shape index (κ3) is 1.43. The van der Waals surface area contributed by atoms with Crippen molar-refractivity contribution in [3.8, 4) is 0 Å². The summed E-state index contributed by atoms with van der Waals surface area (Å²) < 4.78 is 0. The first-order valence-electron chi connectivity index (χ1n) is 5.18. The minimum atomic E-state index is -1.19. The molecule has 6 nitrogen and oxygen atoms in total. The van der Waals surface area contributed by atoms with E-state index in [0.717, 1.165) is 0 Å². The lowest BCUT2D eigenvalue weighted by Crippen LogP contribution is -2.16. The number of nitrogens with one attached hydrogen (secondary N) is 1. The number of nitrogens with zero attached hydrogens (tertiary/aromatic N) is 2. The minimum Gasteiger partial charge on any atom is -0.477 e. The molecule has 0 aliphatic rings. The van der Waals surface area contributed by atoms with Crippen LogP contribution in [-0.4, -0.2) is 26.0 Å². The Bertz CT molecular complexity index is 839. The minimum absolute atomic E-state index is 0.157. The van der Waals surface area contributed by atoms with Crippen molar-refractivity contribution in [2.75, 3.05) is 0 Å². The van der Waals surface area contributed by atoms with Crippen LogP contribution < -0.4 is 5.69 Å². The summed E-state index contributed by atoms with van der Waals surface area (Å²) in [4.78, 5) is 32.7. The number of aromatic nitrogens is 3. The highest BCUT2D eigenvalue weighted by Crippen LogP contribution is 2.22. The van der Waals surface area contributed by atoms with Crippen molar-refractivity contribution < 1.29 is 9.90 Å². The van der Waals surface area contributed by atoms with E-state index in [2.05, 4.69) is 15.0 Å². The Morgan fingerprint density at radius 3 is 2.83 bits per heavy atom. The highest BCUT2D eigenvalue weighted by molar-refractivity contribution is 6.09. The normalized spacial score (nSPS) is 10.9. The molecule has 2 N–H and O–H groups in total. The van der Waals surface area contributed by atoms with E-state index in [9.17, 15) is 9.59 Å². The lowest BCUT2D eigenvalue weighted by Gasteiger charge is -2.04. The number of carboxylic acids is 1. The van der Waals surface area contributed by atoms with Gasteiger partial charge in [0, 0.05) is 17.0 Å². The Hall–Kier alpha value is -2.76. The molecule has 0 saturated heterocycles. The predicted molar refractivity (Wildman–Crippen MR) is 64.6 cm³/mol. The molecule has 0 spiro atoms. The van der Waals surface area contributed by atoms with Crippen LogP contribution in [0.4, 0.5) is 0 Å². The van der Waals surface area contributed by atoms with E-state index in [-0.39, 0.29) is 5.69 Å². The van der Waals surface area contributed by atoms with Crippen molar-refractivity contribution in [3.05, 3.63) is 46.6 Å². The van der Waals surface area contributed by atoms with Gasteiger partial charge in [-0.3, -0.25) is 9.97 Å². The van der Waals surface area contributed by atoms with Crippen LogP contribution in [-0.2, 0) is 0 Å². The number of pyridine rings is 1. The first-order chi connectivity index (χ1) is 8.66. The average Bonchev–Trinajstić information content (AvgIpc) is 2.37. The van der Waals surface area contributed by atoms with Crippen LogP contribution in [0.15, 0.2) is 35.3 Å². The van der Waals surface area contributed by atoms with E-state index in [1.165, 1.54) is 0 Å². The van der Waals surface area contributed by atoms with Crippen molar-refractivity contribution in [3.63, 3.8) is 0 Å². The number of rotatable bonds is 1. The van der Waals surface area contributed by atoms with Crippen molar-refractivity contribution >= 4 is 27.8 Å². The number of aromatic amines is 1.